The van der Waals surface area contributed by atoms with E-state index in [2.05, 4.69) is 0 Å². The van der Waals surface area contributed by atoms with Gasteiger partial charge in [0.15, 0.2) is 5.78 Å². The van der Waals surface area contributed by atoms with Crippen LogP contribution in [-0.2, 0) is 0 Å². The molecule has 0 spiro atoms. The van der Waals surface area contributed by atoms with Crippen LogP contribution < -0.4 is 0 Å². The molecule has 1 heterocycles. The molecule has 3 heteroatoms. The zero-order valence-electron chi connectivity index (χ0n) is 6.78. The van der Waals surface area contributed by atoms with E-state index in [-0.39, 0.29) is 5.78 Å². The van der Waals surface area contributed by atoms with E-state index in [1.54, 1.807) is 11.9 Å². The smallest absolute Gasteiger partial charge is 0.178 e. The van der Waals surface area contributed by atoms with Crippen LogP contribution in [0.4, 0.5) is 0 Å². The van der Waals surface area contributed by atoms with Crippen molar-refractivity contribution >= 4 is 17.7 Å². The number of ketones is 1. The third-order valence-electron chi connectivity index (χ3n) is 1.81. The van der Waals surface area contributed by atoms with E-state index in [0.717, 1.165) is 10.5 Å². The van der Waals surface area contributed by atoms with Gasteiger partial charge in [0.05, 0.1) is 6.54 Å². The molecule has 0 radical (unpaired) electrons. The molecule has 1 aromatic rings. The maximum atomic E-state index is 11.4. The fraction of sp³-hybridized carbons (Fsp3) is 0.222. The van der Waals surface area contributed by atoms with E-state index in [4.69, 9.17) is 0 Å². The number of nitrogens with zero attached hydrogens (tertiary/aromatic N) is 1. The van der Waals surface area contributed by atoms with Crippen LogP contribution in [0, 0.1) is 0 Å². The number of rotatable bonds is 0. The molecule has 0 atom stereocenters. The Labute approximate surface area is 75.7 Å². The van der Waals surface area contributed by atoms with Crippen LogP contribution >= 0.6 is 11.9 Å². The Bertz CT molecular complexity index is 324. The van der Waals surface area contributed by atoms with Crippen LogP contribution in [0.15, 0.2) is 29.2 Å². The number of likely N-dealkylation sites (N-methyl/N-ethyl adjacent to an activating group) is 1. The number of carbonyl (C=O) groups excluding carboxylic acids is 1. The van der Waals surface area contributed by atoms with Crippen molar-refractivity contribution in [1.29, 1.82) is 0 Å². The number of benzene rings is 1. The van der Waals surface area contributed by atoms with Crippen molar-refractivity contribution in [2.75, 3.05) is 13.6 Å². The Morgan fingerprint density at radius 1 is 1.42 bits per heavy atom. The lowest BCUT2D eigenvalue weighted by atomic mass is 10.1. The third-order valence-corrected chi connectivity index (χ3v) is 2.80. The van der Waals surface area contributed by atoms with Gasteiger partial charge in [0.2, 0.25) is 0 Å². The molecule has 0 N–H and O–H groups in total. The zero-order valence-corrected chi connectivity index (χ0v) is 7.60. The highest BCUT2D eigenvalue weighted by Crippen LogP contribution is 2.29. The lowest BCUT2D eigenvalue weighted by molar-refractivity contribution is 0.0969. The Hall–Kier alpha value is -0.800. The van der Waals surface area contributed by atoms with Gasteiger partial charge >= 0.3 is 0 Å². The summed E-state index contributed by atoms with van der Waals surface area (Å²) in [4.78, 5) is 12.5. The molecule has 12 heavy (non-hydrogen) atoms. The monoisotopic (exact) mass is 179 g/mol. The van der Waals surface area contributed by atoms with Gasteiger partial charge in [-0.2, -0.15) is 0 Å². The van der Waals surface area contributed by atoms with Crippen molar-refractivity contribution in [1.82, 2.24) is 4.31 Å². The van der Waals surface area contributed by atoms with Crippen molar-refractivity contribution in [3.8, 4) is 0 Å². The molecular weight excluding hydrogens is 170 g/mol. The van der Waals surface area contributed by atoms with Gasteiger partial charge in [-0.15, -0.1) is 0 Å². The van der Waals surface area contributed by atoms with E-state index in [0.29, 0.717) is 6.54 Å². The number of fused-ring (bicyclic) bond motifs is 1. The fourth-order valence-corrected chi connectivity index (χ4v) is 2.20. The normalized spacial score (nSPS) is 17.6. The molecule has 0 amide bonds. The maximum absolute atomic E-state index is 11.4. The lowest BCUT2D eigenvalue weighted by Gasteiger charge is -2.21. The van der Waals surface area contributed by atoms with Gasteiger partial charge in [-0.25, -0.2) is 4.31 Å². The molecule has 0 unspecified atom stereocenters. The lowest BCUT2D eigenvalue weighted by Crippen LogP contribution is -2.24. The Balaban J connectivity index is 2.47. The molecule has 2 rings (SSSR count). The van der Waals surface area contributed by atoms with Gasteiger partial charge in [-0.1, -0.05) is 18.2 Å². The van der Waals surface area contributed by atoms with Crippen LogP contribution in [0.2, 0.25) is 0 Å². The first-order valence-electron chi connectivity index (χ1n) is 3.79. The van der Waals surface area contributed by atoms with Gasteiger partial charge in [-0.3, -0.25) is 4.79 Å². The molecule has 0 fully saturated rings. The Morgan fingerprint density at radius 3 is 3.00 bits per heavy atom. The van der Waals surface area contributed by atoms with Gasteiger partial charge in [0, 0.05) is 10.5 Å². The number of carbonyl (C=O) groups is 1. The molecule has 2 nitrogen and oxygen atoms in total. The Kier molecular flexibility index (Phi) is 1.90. The first-order chi connectivity index (χ1) is 5.77. The van der Waals surface area contributed by atoms with Gasteiger partial charge in [0.25, 0.3) is 0 Å². The number of hydrogen-bond acceptors (Lipinski definition) is 3. The average Bonchev–Trinajstić information content (AvgIpc) is 2.04. The molecule has 0 saturated carbocycles. The van der Waals surface area contributed by atoms with Gasteiger partial charge in [-0.05, 0) is 25.1 Å². The quantitative estimate of drug-likeness (QED) is 0.567. The van der Waals surface area contributed by atoms with Crippen LogP contribution in [0.1, 0.15) is 10.4 Å². The van der Waals surface area contributed by atoms with Crippen molar-refractivity contribution in [2.24, 2.45) is 0 Å². The topological polar surface area (TPSA) is 20.3 Å². The highest BCUT2D eigenvalue weighted by molar-refractivity contribution is 7.97. The second-order valence-electron chi connectivity index (χ2n) is 2.80. The minimum atomic E-state index is 0.215. The highest BCUT2D eigenvalue weighted by Gasteiger charge is 2.20. The summed E-state index contributed by atoms with van der Waals surface area (Å²) < 4.78 is 1.95. The summed E-state index contributed by atoms with van der Waals surface area (Å²) in [5.74, 6) is 0.215. The molecule has 0 aliphatic carbocycles. The number of hydrogen-bond donors (Lipinski definition) is 0. The summed E-state index contributed by atoms with van der Waals surface area (Å²) in [7, 11) is 1.93. The summed E-state index contributed by atoms with van der Waals surface area (Å²) in [6, 6.07) is 7.73. The largest absolute Gasteiger partial charge is 0.293 e. The van der Waals surface area contributed by atoms with Crippen LogP contribution in [0.5, 0.6) is 0 Å². The predicted octanol–water partition coefficient (Wildman–Crippen LogP) is 1.82. The van der Waals surface area contributed by atoms with Crippen LogP contribution in [0.3, 0.4) is 0 Å². The predicted molar refractivity (Wildman–Crippen MR) is 49.3 cm³/mol. The van der Waals surface area contributed by atoms with E-state index < -0.39 is 0 Å². The van der Waals surface area contributed by atoms with Crippen molar-refractivity contribution in [3.05, 3.63) is 29.8 Å². The fourth-order valence-electron chi connectivity index (χ4n) is 1.26. The second-order valence-corrected chi connectivity index (χ2v) is 4.04. The summed E-state index contributed by atoms with van der Waals surface area (Å²) in [6.07, 6.45) is 0. The summed E-state index contributed by atoms with van der Waals surface area (Å²) in [5.41, 5.74) is 0.862. The average molecular weight is 179 g/mol. The SMILES string of the molecule is CN1CC(=O)c2ccccc2S1. The molecule has 0 saturated heterocycles. The van der Waals surface area contributed by atoms with Gasteiger partial charge in [0.1, 0.15) is 0 Å². The molecular formula is C9H9NOS. The van der Waals surface area contributed by atoms with Crippen molar-refractivity contribution in [2.45, 2.75) is 4.90 Å². The third kappa shape index (κ3) is 1.26. The van der Waals surface area contributed by atoms with E-state index in [9.17, 15) is 4.79 Å². The first kappa shape index (κ1) is 7.83. The van der Waals surface area contributed by atoms with Crippen molar-refractivity contribution in [3.63, 3.8) is 0 Å². The summed E-state index contributed by atoms with van der Waals surface area (Å²) >= 11 is 1.63. The minimum Gasteiger partial charge on any atom is -0.293 e. The molecule has 1 aliphatic rings. The highest BCUT2D eigenvalue weighted by atomic mass is 32.2. The van der Waals surface area contributed by atoms with E-state index in [1.165, 1.54) is 0 Å². The number of Topliss-reactive ketones (excluding diaryl/α,β-unsaturated/α-hetero) is 1. The van der Waals surface area contributed by atoms with E-state index in [1.807, 2.05) is 35.6 Å². The molecule has 62 valence electrons. The standard InChI is InChI=1S/C9H9NOS/c1-10-6-8(11)7-4-2-3-5-9(7)12-10/h2-5H,6H2,1H3. The summed E-state index contributed by atoms with van der Waals surface area (Å²) in [5, 5.41) is 0. The van der Waals surface area contributed by atoms with Crippen LogP contribution in [0.25, 0.3) is 0 Å². The van der Waals surface area contributed by atoms with Crippen LogP contribution in [-0.4, -0.2) is 23.7 Å². The minimum absolute atomic E-state index is 0.215. The van der Waals surface area contributed by atoms with E-state index >= 15 is 0 Å². The second kappa shape index (κ2) is 2.92. The zero-order chi connectivity index (χ0) is 8.55. The molecule has 0 bridgehead atoms. The molecule has 1 aliphatic heterocycles. The molecule has 0 aromatic heterocycles. The molecule has 1 aromatic carbocycles. The van der Waals surface area contributed by atoms with Crippen molar-refractivity contribution < 1.29 is 4.79 Å². The Morgan fingerprint density at radius 2 is 2.17 bits per heavy atom. The first-order valence-corrected chi connectivity index (χ1v) is 4.56. The van der Waals surface area contributed by atoms with Gasteiger partial charge < -0.3 is 0 Å². The summed E-state index contributed by atoms with van der Waals surface area (Å²) in [6.45, 7) is 0.516. The maximum Gasteiger partial charge on any atom is 0.178 e.